The van der Waals surface area contributed by atoms with Crippen molar-refractivity contribution in [1.29, 1.82) is 0 Å². The maximum atomic E-state index is 11.4. The van der Waals surface area contributed by atoms with Crippen molar-refractivity contribution in [1.82, 2.24) is 19.7 Å². The number of hydrogen-bond acceptors (Lipinski definition) is 4. The summed E-state index contributed by atoms with van der Waals surface area (Å²) >= 11 is 1.93. The molecule has 0 aliphatic carbocycles. The van der Waals surface area contributed by atoms with Gasteiger partial charge in [0.15, 0.2) is 5.52 Å². The fraction of sp³-hybridized carbons (Fsp3) is 0.143. The topological polar surface area (TPSA) is 80.6 Å². The predicted octanol–water partition coefficient (Wildman–Crippen LogP) is 0.384. The van der Waals surface area contributed by atoms with Crippen LogP contribution in [0.25, 0.3) is 11.0 Å². The number of carbonyl (C=O) groups is 1. The smallest absolute Gasteiger partial charge is 0.277 e. The van der Waals surface area contributed by atoms with E-state index >= 15 is 0 Å². The Kier molecular flexibility index (Phi) is 2.10. The van der Waals surface area contributed by atoms with E-state index in [2.05, 4.69) is 15.1 Å². The average Bonchev–Trinajstić information content (AvgIpc) is 2.46. The number of aromatic amines is 1. The summed E-state index contributed by atoms with van der Waals surface area (Å²) < 4.78 is 1.60. The lowest BCUT2D eigenvalue weighted by molar-refractivity contribution is 0.0926. The molecule has 0 fully saturated rings. The van der Waals surface area contributed by atoms with Gasteiger partial charge in [-0.25, -0.2) is 4.98 Å². The first kappa shape index (κ1) is 9.31. The highest BCUT2D eigenvalue weighted by molar-refractivity contribution is 14.1. The Labute approximate surface area is 91.5 Å². The van der Waals surface area contributed by atoms with Crippen molar-refractivity contribution in [2.45, 2.75) is 6.92 Å². The molecular weight excluding hydrogens is 299 g/mol. The molecule has 0 saturated heterocycles. The maximum Gasteiger partial charge on any atom is 0.277 e. The monoisotopic (exact) mass is 304 g/mol. The molecular formula is C7H5IN4O2. The fourth-order valence-corrected chi connectivity index (χ4v) is 1.76. The number of halogens is 1. The van der Waals surface area contributed by atoms with Gasteiger partial charge in [0.1, 0.15) is 9.22 Å². The van der Waals surface area contributed by atoms with Crippen molar-refractivity contribution in [2.75, 3.05) is 0 Å². The van der Waals surface area contributed by atoms with Gasteiger partial charge in [-0.1, -0.05) is 0 Å². The van der Waals surface area contributed by atoms with Crippen LogP contribution in [0.1, 0.15) is 11.7 Å². The van der Waals surface area contributed by atoms with Gasteiger partial charge in [0.25, 0.3) is 5.56 Å². The highest BCUT2D eigenvalue weighted by Gasteiger charge is 2.14. The van der Waals surface area contributed by atoms with Gasteiger partial charge in [0, 0.05) is 6.92 Å². The number of nitrogens with zero attached hydrogens (tertiary/aromatic N) is 3. The van der Waals surface area contributed by atoms with Crippen LogP contribution in [0.4, 0.5) is 0 Å². The van der Waals surface area contributed by atoms with Gasteiger partial charge in [-0.05, 0) is 22.6 Å². The third-order valence-corrected chi connectivity index (χ3v) is 2.45. The predicted molar refractivity (Wildman–Crippen MR) is 57.2 cm³/mol. The van der Waals surface area contributed by atoms with Gasteiger partial charge in [0.2, 0.25) is 5.91 Å². The number of rotatable bonds is 0. The molecule has 2 aromatic rings. The van der Waals surface area contributed by atoms with E-state index in [1.807, 2.05) is 22.6 Å². The zero-order valence-electron chi connectivity index (χ0n) is 7.11. The van der Waals surface area contributed by atoms with Gasteiger partial charge >= 0.3 is 0 Å². The third kappa shape index (κ3) is 1.24. The fourth-order valence-electron chi connectivity index (χ4n) is 1.15. The standard InChI is InChI=1S/C7H5IN4O2/c1-3(13)12-5-4(6(8)11-12)9-2-10-7(5)14/h2H,1H3,(H,9,10,14). The Morgan fingerprint density at radius 2 is 2.36 bits per heavy atom. The average molecular weight is 304 g/mol. The lowest BCUT2D eigenvalue weighted by Crippen LogP contribution is -2.15. The first-order chi connectivity index (χ1) is 6.61. The molecule has 0 spiro atoms. The number of hydrogen-bond donors (Lipinski definition) is 1. The second-order valence-corrected chi connectivity index (χ2v) is 3.67. The van der Waals surface area contributed by atoms with Crippen LogP contribution in [0.5, 0.6) is 0 Å². The minimum absolute atomic E-state index is 0.199. The molecule has 0 aliphatic heterocycles. The summed E-state index contributed by atoms with van der Waals surface area (Å²) in [6.45, 7) is 1.34. The minimum atomic E-state index is -0.361. The van der Waals surface area contributed by atoms with Crippen LogP contribution in [-0.2, 0) is 0 Å². The molecule has 1 N–H and O–H groups in total. The highest BCUT2D eigenvalue weighted by atomic mass is 127. The summed E-state index contributed by atoms with van der Waals surface area (Å²) in [5.74, 6) is -0.309. The van der Waals surface area contributed by atoms with E-state index in [0.29, 0.717) is 9.22 Å². The molecule has 72 valence electrons. The van der Waals surface area contributed by atoms with E-state index in [9.17, 15) is 9.59 Å². The van der Waals surface area contributed by atoms with Crippen LogP contribution >= 0.6 is 22.6 Å². The van der Waals surface area contributed by atoms with E-state index in [4.69, 9.17) is 0 Å². The van der Waals surface area contributed by atoms with Gasteiger partial charge in [-0.2, -0.15) is 9.78 Å². The number of H-pyrrole nitrogens is 1. The molecule has 0 unspecified atom stereocenters. The summed E-state index contributed by atoms with van der Waals surface area (Å²) in [4.78, 5) is 28.9. The summed E-state index contributed by atoms with van der Waals surface area (Å²) in [6.07, 6.45) is 1.29. The molecule has 0 aromatic carbocycles. The molecule has 0 saturated carbocycles. The van der Waals surface area contributed by atoms with Gasteiger partial charge in [-0.3, -0.25) is 9.59 Å². The Morgan fingerprint density at radius 1 is 1.64 bits per heavy atom. The van der Waals surface area contributed by atoms with Crippen LogP contribution in [0.2, 0.25) is 0 Å². The van der Waals surface area contributed by atoms with Crippen LogP contribution in [0.3, 0.4) is 0 Å². The van der Waals surface area contributed by atoms with E-state index < -0.39 is 0 Å². The molecule has 7 heteroatoms. The third-order valence-electron chi connectivity index (χ3n) is 1.72. The molecule has 14 heavy (non-hydrogen) atoms. The van der Waals surface area contributed by atoms with Crippen molar-refractivity contribution in [3.05, 3.63) is 20.4 Å². The molecule has 6 nitrogen and oxygen atoms in total. The summed E-state index contributed by atoms with van der Waals surface area (Å²) in [6, 6.07) is 0. The van der Waals surface area contributed by atoms with Crippen LogP contribution < -0.4 is 5.56 Å². The summed E-state index contributed by atoms with van der Waals surface area (Å²) in [5.41, 5.74) is 0.287. The number of fused-ring (bicyclic) bond motifs is 1. The molecule has 0 aliphatic rings. The molecule has 2 aromatic heterocycles. The maximum absolute atomic E-state index is 11.4. The summed E-state index contributed by atoms with van der Waals surface area (Å²) in [7, 11) is 0. The second-order valence-electron chi connectivity index (χ2n) is 2.65. The Balaban J connectivity index is 3.00. The first-order valence-corrected chi connectivity index (χ1v) is 4.82. The lowest BCUT2D eigenvalue weighted by atomic mass is 10.4. The molecule has 0 amide bonds. The van der Waals surface area contributed by atoms with Crippen LogP contribution in [0, 0.1) is 3.70 Å². The van der Waals surface area contributed by atoms with Crippen molar-refractivity contribution < 1.29 is 4.79 Å². The van der Waals surface area contributed by atoms with Gasteiger partial charge in [0.05, 0.1) is 6.33 Å². The van der Waals surface area contributed by atoms with Crippen LogP contribution in [-0.4, -0.2) is 25.7 Å². The SMILES string of the molecule is CC(=O)n1nc(I)c2nc[nH]c(=O)c21. The van der Waals surface area contributed by atoms with Crippen molar-refractivity contribution >= 4 is 39.5 Å². The molecule has 0 atom stereocenters. The zero-order valence-corrected chi connectivity index (χ0v) is 9.27. The molecule has 0 bridgehead atoms. The van der Waals surface area contributed by atoms with E-state index in [0.717, 1.165) is 4.68 Å². The van der Waals surface area contributed by atoms with E-state index in [1.54, 1.807) is 0 Å². The Hall–Kier alpha value is -1.25. The van der Waals surface area contributed by atoms with Crippen LogP contribution in [0.15, 0.2) is 11.1 Å². The Bertz CT molecular complexity index is 571. The minimum Gasteiger partial charge on any atom is -0.311 e. The first-order valence-electron chi connectivity index (χ1n) is 3.74. The van der Waals surface area contributed by atoms with Gasteiger partial charge < -0.3 is 4.98 Å². The number of aromatic nitrogens is 4. The lowest BCUT2D eigenvalue weighted by Gasteiger charge is -1.93. The second kappa shape index (κ2) is 3.15. The van der Waals surface area contributed by atoms with Crippen molar-refractivity contribution in [2.24, 2.45) is 0 Å². The highest BCUT2D eigenvalue weighted by Crippen LogP contribution is 2.13. The molecule has 0 radical (unpaired) electrons. The Morgan fingerprint density at radius 3 is 3.00 bits per heavy atom. The largest absolute Gasteiger partial charge is 0.311 e. The zero-order chi connectivity index (χ0) is 10.3. The van der Waals surface area contributed by atoms with E-state index in [1.165, 1.54) is 13.3 Å². The van der Waals surface area contributed by atoms with Crippen molar-refractivity contribution in [3.63, 3.8) is 0 Å². The quantitative estimate of drug-likeness (QED) is 0.714. The summed E-state index contributed by atoms with van der Waals surface area (Å²) in [5, 5.41) is 3.92. The molecule has 2 rings (SSSR count). The van der Waals surface area contributed by atoms with Gasteiger partial charge in [-0.15, -0.1) is 0 Å². The molecule has 2 heterocycles. The number of nitrogens with one attached hydrogen (secondary N) is 1. The van der Waals surface area contributed by atoms with E-state index in [-0.39, 0.29) is 17.0 Å². The number of carbonyl (C=O) groups excluding carboxylic acids is 1. The van der Waals surface area contributed by atoms with Crippen molar-refractivity contribution in [3.8, 4) is 0 Å². The normalized spacial score (nSPS) is 10.7.